The third-order valence-corrected chi connectivity index (χ3v) is 4.23. The van der Waals surface area contributed by atoms with E-state index in [1.54, 1.807) is 24.3 Å². The zero-order chi connectivity index (χ0) is 14.9. The molecule has 0 atom stereocenters. The molecule has 0 fully saturated rings. The van der Waals surface area contributed by atoms with Crippen molar-refractivity contribution >= 4 is 60.7 Å². The maximum absolute atomic E-state index is 12.3. The average Bonchev–Trinajstić information content (AvgIpc) is 2.36. The zero-order valence-electron chi connectivity index (χ0n) is 10.5. The summed E-state index contributed by atoms with van der Waals surface area (Å²) in [5.74, 6) is -0.282. The lowest BCUT2D eigenvalue weighted by atomic mass is 10.1. The van der Waals surface area contributed by atoms with Gasteiger partial charge in [-0.3, -0.25) is 4.79 Å². The fraction of sp³-hybridized carbons (Fsp3) is 0.0714. The fourth-order valence-corrected chi connectivity index (χ4v) is 3.04. The van der Waals surface area contributed by atoms with E-state index in [9.17, 15) is 4.79 Å². The third-order valence-electron chi connectivity index (χ3n) is 2.68. The smallest absolute Gasteiger partial charge is 0.256 e. The van der Waals surface area contributed by atoms with Gasteiger partial charge in [-0.2, -0.15) is 0 Å². The Morgan fingerprint density at radius 2 is 1.90 bits per heavy atom. The summed E-state index contributed by atoms with van der Waals surface area (Å²) in [5, 5.41) is 3.29. The Morgan fingerprint density at radius 1 is 1.20 bits per heavy atom. The Kier molecular flexibility index (Phi) is 4.73. The first-order valence-corrected chi connectivity index (χ1v) is 7.67. The highest BCUT2D eigenvalue weighted by Gasteiger charge is 2.14. The van der Waals surface area contributed by atoms with Gasteiger partial charge in [0.1, 0.15) is 0 Å². The van der Waals surface area contributed by atoms with Gasteiger partial charge in [0, 0.05) is 14.0 Å². The zero-order valence-corrected chi connectivity index (χ0v) is 14.4. The molecule has 3 nitrogen and oxygen atoms in total. The number of nitrogens with one attached hydrogen (secondary N) is 1. The highest BCUT2D eigenvalue weighted by atomic mass is 79.9. The molecule has 20 heavy (non-hydrogen) atoms. The summed E-state index contributed by atoms with van der Waals surface area (Å²) in [6.07, 6.45) is 0. The van der Waals surface area contributed by atoms with Crippen molar-refractivity contribution in [2.75, 3.05) is 11.1 Å². The first-order valence-electron chi connectivity index (χ1n) is 5.70. The lowest BCUT2D eigenvalue weighted by molar-refractivity contribution is 0.102. The van der Waals surface area contributed by atoms with E-state index < -0.39 is 0 Å². The van der Waals surface area contributed by atoms with Crippen molar-refractivity contribution in [2.24, 2.45) is 0 Å². The van der Waals surface area contributed by atoms with Gasteiger partial charge in [-0.15, -0.1) is 0 Å². The van der Waals surface area contributed by atoms with Crippen LogP contribution in [0.25, 0.3) is 0 Å². The molecule has 0 heterocycles. The Hall–Kier alpha value is -1.04. The van der Waals surface area contributed by atoms with E-state index in [0.29, 0.717) is 26.4 Å². The molecule has 1 amide bonds. The van der Waals surface area contributed by atoms with Crippen LogP contribution in [0.1, 0.15) is 15.9 Å². The summed E-state index contributed by atoms with van der Waals surface area (Å²) >= 11 is 12.6. The van der Waals surface area contributed by atoms with E-state index in [4.69, 9.17) is 17.3 Å². The lowest BCUT2D eigenvalue weighted by Crippen LogP contribution is -2.14. The van der Waals surface area contributed by atoms with Crippen LogP contribution in [-0.4, -0.2) is 5.91 Å². The van der Waals surface area contributed by atoms with E-state index in [1.807, 2.05) is 13.0 Å². The Labute approximate surface area is 138 Å². The third kappa shape index (κ3) is 3.34. The molecule has 2 aromatic carbocycles. The molecular formula is C14H11Br2ClN2O. The number of amides is 1. The van der Waals surface area contributed by atoms with Crippen LogP contribution in [0.5, 0.6) is 0 Å². The number of nitrogen functional groups attached to an aromatic ring is 1. The van der Waals surface area contributed by atoms with Crippen LogP contribution in [0.3, 0.4) is 0 Å². The van der Waals surface area contributed by atoms with Crippen molar-refractivity contribution in [1.29, 1.82) is 0 Å². The van der Waals surface area contributed by atoms with E-state index in [1.165, 1.54) is 0 Å². The quantitative estimate of drug-likeness (QED) is 0.674. The van der Waals surface area contributed by atoms with Gasteiger partial charge >= 0.3 is 0 Å². The van der Waals surface area contributed by atoms with Crippen LogP contribution in [0, 0.1) is 6.92 Å². The highest BCUT2D eigenvalue weighted by Crippen LogP contribution is 2.31. The van der Waals surface area contributed by atoms with Crippen molar-refractivity contribution < 1.29 is 4.79 Å². The van der Waals surface area contributed by atoms with Crippen molar-refractivity contribution in [3.05, 3.63) is 55.4 Å². The minimum atomic E-state index is -0.282. The highest BCUT2D eigenvalue weighted by molar-refractivity contribution is 9.11. The number of rotatable bonds is 2. The van der Waals surface area contributed by atoms with E-state index >= 15 is 0 Å². The van der Waals surface area contributed by atoms with Crippen LogP contribution in [0.15, 0.2) is 39.3 Å². The molecule has 0 aliphatic carbocycles. The summed E-state index contributed by atoms with van der Waals surface area (Å²) < 4.78 is 1.41. The SMILES string of the molecule is Cc1cc(N)c(NC(=O)c2cc(Cl)ccc2Br)c(Br)c1. The predicted octanol–water partition coefficient (Wildman–Crippen LogP) is 5.01. The van der Waals surface area contributed by atoms with E-state index in [2.05, 4.69) is 37.2 Å². The van der Waals surface area contributed by atoms with Gasteiger partial charge in [0.15, 0.2) is 0 Å². The minimum Gasteiger partial charge on any atom is -0.397 e. The minimum absolute atomic E-state index is 0.282. The van der Waals surface area contributed by atoms with Crippen LogP contribution >= 0.6 is 43.5 Å². The Morgan fingerprint density at radius 3 is 2.55 bits per heavy atom. The van der Waals surface area contributed by atoms with Gasteiger partial charge in [-0.25, -0.2) is 0 Å². The number of anilines is 2. The first-order chi connectivity index (χ1) is 9.38. The average molecular weight is 419 g/mol. The van der Waals surface area contributed by atoms with E-state index in [-0.39, 0.29) is 5.91 Å². The molecule has 0 aliphatic rings. The van der Waals surface area contributed by atoms with Crippen molar-refractivity contribution in [2.45, 2.75) is 6.92 Å². The topological polar surface area (TPSA) is 55.1 Å². The first kappa shape index (κ1) is 15.4. The number of carbonyl (C=O) groups excluding carboxylic acids is 1. The van der Waals surface area contributed by atoms with Crippen LogP contribution in [-0.2, 0) is 0 Å². The summed E-state index contributed by atoms with van der Waals surface area (Å²) in [4.78, 5) is 12.3. The van der Waals surface area contributed by atoms with Crippen LogP contribution < -0.4 is 11.1 Å². The number of hydrogen-bond acceptors (Lipinski definition) is 2. The maximum Gasteiger partial charge on any atom is 0.256 e. The summed E-state index contributed by atoms with van der Waals surface area (Å²) in [6.45, 7) is 1.93. The second-order valence-electron chi connectivity index (χ2n) is 4.29. The largest absolute Gasteiger partial charge is 0.397 e. The molecule has 2 aromatic rings. The number of nitrogens with two attached hydrogens (primary N) is 1. The predicted molar refractivity (Wildman–Crippen MR) is 90.4 cm³/mol. The molecule has 104 valence electrons. The molecule has 0 radical (unpaired) electrons. The molecule has 0 aromatic heterocycles. The number of aryl methyl sites for hydroxylation is 1. The molecule has 0 bridgehead atoms. The van der Waals surface area contributed by atoms with Gasteiger partial charge in [-0.1, -0.05) is 11.6 Å². The molecule has 0 aliphatic heterocycles. The summed E-state index contributed by atoms with van der Waals surface area (Å²) in [7, 11) is 0. The monoisotopic (exact) mass is 416 g/mol. The van der Waals surface area contributed by atoms with Crippen LogP contribution in [0.4, 0.5) is 11.4 Å². The van der Waals surface area contributed by atoms with Crippen LogP contribution in [0.2, 0.25) is 5.02 Å². The maximum atomic E-state index is 12.3. The Balaban J connectivity index is 2.35. The second-order valence-corrected chi connectivity index (χ2v) is 6.43. The second kappa shape index (κ2) is 6.16. The fourth-order valence-electron chi connectivity index (χ4n) is 1.75. The standard InChI is InChI=1S/C14H11Br2ClN2O/c1-7-4-11(16)13(12(18)5-7)19-14(20)9-6-8(17)2-3-10(9)15/h2-6H,18H2,1H3,(H,19,20). The molecule has 0 saturated heterocycles. The molecule has 0 unspecified atom stereocenters. The summed E-state index contributed by atoms with van der Waals surface area (Å²) in [6, 6.07) is 8.72. The van der Waals surface area contributed by atoms with Gasteiger partial charge in [-0.05, 0) is 74.7 Å². The van der Waals surface area contributed by atoms with Crippen molar-refractivity contribution in [1.82, 2.24) is 0 Å². The van der Waals surface area contributed by atoms with Gasteiger partial charge in [0.05, 0.1) is 16.9 Å². The number of halogens is 3. The summed E-state index contributed by atoms with van der Waals surface area (Å²) in [5.41, 5.74) is 8.44. The molecule has 6 heteroatoms. The van der Waals surface area contributed by atoms with Gasteiger partial charge in [0.2, 0.25) is 0 Å². The molecule has 0 saturated carbocycles. The van der Waals surface area contributed by atoms with Gasteiger partial charge < -0.3 is 11.1 Å². The van der Waals surface area contributed by atoms with Crippen molar-refractivity contribution in [3.63, 3.8) is 0 Å². The molecule has 3 N–H and O–H groups in total. The number of benzene rings is 2. The molecular weight excluding hydrogens is 407 g/mol. The number of carbonyl (C=O) groups is 1. The Bertz CT molecular complexity index is 666. The molecule has 2 rings (SSSR count). The lowest BCUT2D eigenvalue weighted by Gasteiger charge is -2.12. The van der Waals surface area contributed by atoms with Crippen molar-refractivity contribution in [3.8, 4) is 0 Å². The van der Waals surface area contributed by atoms with E-state index in [0.717, 1.165) is 10.0 Å². The number of hydrogen-bond donors (Lipinski definition) is 2. The normalized spacial score (nSPS) is 10.4. The van der Waals surface area contributed by atoms with Gasteiger partial charge in [0.25, 0.3) is 5.91 Å². The molecule has 0 spiro atoms.